The van der Waals surface area contributed by atoms with Crippen molar-refractivity contribution in [1.82, 2.24) is 15.6 Å². The predicted octanol–water partition coefficient (Wildman–Crippen LogP) is 3.51. The quantitative estimate of drug-likeness (QED) is 0.288. The van der Waals surface area contributed by atoms with Gasteiger partial charge in [0.15, 0.2) is 5.96 Å². The minimum atomic E-state index is 0. The summed E-state index contributed by atoms with van der Waals surface area (Å²) in [5, 5.41) is 7.60. The number of hydrogen-bond donors (Lipinski definition) is 2. The third kappa shape index (κ3) is 7.48. The zero-order valence-electron chi connectivity index (χ0n) is 14.3. The number of aliphatic imine (C=N–C) groups is 1. The number of thiazole rings is 1. The van der Waals surface area contributed by atoms with Crippen molar-refractivity contribution in [3.8, 4) is 5.75 Å². The van der Waals surface area contributed by atoms with Crippen LogP contribution in [0.4, 0.5) is 0 Å². The molecule has 5 nitrogen and oxygen atoms in total. The first kappa shape index (κ1) is 20.7. The molecule has 0 saturated carbocycles. The third-order valence-electron chi connectivity index (χ3n) is 3.20. The highest BCUT2D eigenvalue weighted by molar-refractivity contribution is 14.0. The van der Waals surface area contributed by atoms with E-state index in [4.69, 9.17) is 4.74 Å². The van der Waals surface area contributed by atoms with E-state index in [0.717, 1.165) is 29.7 Å². The van der Waals surface area contributed by atoms with Gasteiger partial charge in [-0.3, -0.25) is 4.99 Å². The largest absolute Gasteiger partial charge is 0.494 e. The lowest BCUT2D eigenvalue weighted by atomic mass is 10.2. The van der Waals surface area contributed by atoms with Crippen molar-refractivity contribution in [3.63, 3.8) is 0 Å². The Morgan fingerprint density at radius 1 is 1.21 bits per heavy atom. The molecule has 1 aromatic heterocycles. The van der Waals surface area contributed by atoms with Gasteiger partial charge >= 0.3 is 0 Å². The van der Waals surface area contributed by atoms with Crippen LogP contribution in [0.1, 0.15) is 21.9 Å². The molecule has 2 aromatic rings. The van der Waals surface area contributed by atoms with Gasteiger partial charge in [-0.1, -0.05) is 17.7 Å². The van der Waals surface area contributed by atoms with Crippen LogP contribution in [0.2, 0.25) is 0 Å². The second-order valence-corrected chi connectivity index (χ2v) is 6.55. The van der Waals surface area contributed by atoms with Gasteiger partial charge in [0, 0.05) is 24.7 Å². The summed E-state index contributed by atoms with van der Waals surface area (Å²) in [7, 11) is 1.77. The zero-order valence-corrected chi connectivity index (χ0v) is 17.5. The van der Waals surface area contributed by atoms with Crippen molar-refractivity contribution >= 4 is 41.3 Å². The van der Waals surface area contributed by atoms with Crippen molar-refractivity contribution in [2.24, 2.45) is 4.99 Å². The molecule has 132 valence electrons. The van der Waals surface area contributed by atoms with Gasteiger partial charge in [0.25, 0.3) is 0 Å². The number of aromatic nitrogens is 1. The van der Waals surface area contributed by atoms with Crippen molar-refractivity contribution < 1.29 is 4.74 Å². The van der Waals surface area contributed by atoms with Crippen molar-refractivity contribution in [3.05, 3.63) is 45.9 Å². The minimum Gasteiger partial charge on any atom is -0.494 e. The lowest BCUT2D eigenvalue weighted by molar-refractivity contribution is 0.311. The molecule has 0 saturated heterocycles. The molecule has 0 aliphatic rings. The number of nitrogens with zero attached hydrogens (tertiary/aromatic N) is 2. The number of aryl methyl sites for hydroxylation is 2. The summed E-state index contributed by atoms with van der Waals surface area (Å²) in [5.41, 5.74) is 1.24. The van der Waals surface area contributed by atoms with Gasteiger partial charge in [0.1, 0.15) is 10.8 Å². The van der Waals surface area contributed by atoms with Crippen LogP contribution in [0.5, 0.6) is 5.75 Å². The summed E-state index contributed by atoms with van der Waals surface area (Å²) in [4.78, 5) is 9.75. The van der Waals surface area contributed by atoms with E-state index in [9.17, 15) is 0 Å². The van der Waals surface area contributed by atoms with E-state index < -0.39 is 0 Å². The highest BCUT2D eigenvalue weighted by Crippen LogP contribution is 2.11. The molecule has 0 bridgehead atoms. The van der Waals surface area contributed by atoms with E-state index in [2.05, 4.69) is 46.6 Å². The maximum Gasteiger partial charge on any atom is 0.191 e. The summed E-state index contributed by atoms with van der Waals surface area (Å²) in [6.45, 7) is 6.31. The molecule has 7 heteroatoms. The highest BCUT2D eigenvalue weighted by atomic mass is 127. The Bertz CT molecular complexity index is 628. The fourth-order valence-electron chi connectivity index (χ4n) is 1.97. The van der Waals surface area contributed by atoms with Gasteiger partial charge in [0.2, 0.25) is 0 Å². The molecule has 0 atom stereocenters. The molecule has 0 aliphatic heterocycles. The molecule has 1 heterocycles. The van der Waals surface area contributed by atoms with Gasteiger partial charge in [0.05, 0.1) is 13.2 Å². The zero-order chi connectivity index (χ0) is 16.5. The number of halogens is 1. The maximum absolute atomic E-state index is 5.70. The molecule has 0 fully saturated rings. The molecule has 2 rings (SSSR count). The van der Waals surface area contributed by atoms with E-state index in [0.29, 0.717) is 13.2 Å². The fraction of sp³-hybridized carbons (Fsp3) is 0.412. The second-order valence-electron chi connectivity index (χ2n) is 5.23. The first-order chi connectivity index (χ1) is 11.2. The van der Waals surface area contributed by atoms with Crippen LogP contribution in [0, 0.1) is 13.8 Å². The molecule has 0 radical (unpaired) electrons. The first-order valence-corrected chi connectivity index (χ1v) is 8.54. The van der Waals surface area contributed by atoms with Gasteiger partial charge in [-0.2, -0.15) is 0 Å². The number of nitrogens with one attached hydrogen (secondary N) is 2. The van der Waals surface area contributed by atoms with Crippen molar-refractivity contribution in [1.29, 1.82) is 0 Å². The van der Waals surface area contributed by atoms with Gasteiger partial charge in [-0.25, -0.2) is 4.98 Å². The Morgan fingerprint density at radius 3 is 2.58 bits per heavy atom. The molecule has 0 aliphatic carbocycles. The van der Waals surface area contributed by atoms with E-state index in [1.54, 1.807) is 18.4 Å². The standard InChI is InChI=1S/C17H24N4OS.HI/c1-13-5-7-15(8-6-13)22-10-4-9-19-17(18-3)21-12-16-20-11-14(2)23-16;/h5-8,11H,4,9-10,12H2,1-3H3,(H2,18,19,21);1H. The molecule has 0 amide bonds. The van der Waals surface area contributed by atoms with Crippen molar-refractivity contribution in [2.45, 2.75) is 26.8 Å². The monoisotopic (exact) mass is 460 g/mol. The predicted molar refractivity (Wildman–Crippen MR) is 112 cm³/mol. The number of hydrogen-bond acceptors (Lipinski definition) is 4. The minimum absolute atomic E-state index is 0. The average Bonchev–Trinajstić information content (AvgIpc) is 2.97. The summed E-state index contributed by atoms with van der Waals surface area (Å²) in [6.07, 6.45) is 2.80. The lowest BCUT2D eigenvalue weighted by Crippen LogP contribution is -2.37. The summed E-state index contributed by atoms with van der Waals surface area (Å²) in [5.74, 6) is 1.70. The molecular formula is C17H25IN4OS. The van der Waals surface area contributed by atoms with Crippen LogP contribution in [0.25, 0.3) is 0 Å². The Kier molecular flexibility index (Phi) is 9.70. The normalized spacial score (nSPS) is 10.9. The number of rotatable bonds is 7. The van der Waals surface area contributed by atoms with E-state index in [1.807, 2.05) is 18.3 Å². The lowest BCUT2D eigenvalue weighted by Gasteiger charge is -2.11. The van der Waals surface area contributed by atoms with Crippen LogP contribution in [-0.2, 0) is 6.54 Å². The topological polar surface area (TPSA) is 58.5 Å². The Balaban J connectivity index is 0.00000288. The number of ether oxygens (including phenoxy) is 1. The SMILES string of the molecule is CN=C(NCCCOc1ccc(C)cc1)NCc1ncc(C)s1.I. The van der Waals surface area contributed by atoms with Crippen LogP contribution < -0.4 is 15.4 Å². The molecule has 1 aromatic carbocycles. The first-order valence-electron chi connectivity index (χ1n) is 7.72. The van der Waals surface area contributed by atoms with Crippen LogP contribution in [-0.4, -0.2) is 31.1 Å². The average molecular weight is 460 g/mol. The maximum atomic E-state index is 5.70. The van der Waals surface area contributed by atoms with Crippen LogP contribution >= 0.6 is 35.3 Å². The van der Waals surface area contributed by atoms with Crippen LogP contribution in [0.15, 0.2) is 35.5 Å². The summed E-state index contributed by atoms with van der Waals surface area (Å²) >= 11 is 1.69. The van der Waals surface area contributed by atoms with Gasteiger partial charge < -0.3 is 15.4 Å². The fourth-order valence-corrected chi connectivity index (χ4v) is 2.69. The summed E-state index contributed by atoms with van der Waals surface area (Å²) in [6, 6.07) is 8.11. The molecular weight excluding hydrogens is 435 g/mol. The number of guanidine groups is 1. The van der Waals surface area contributed by atoms with E-state index in [1.165, 1.54) is 10.4 Å². The van der Waals surface area contributed by atoms with E-state index >= 15 is 0 Å². The molecule has 0 unspecified atom stereocenters. The second kappa shape index (κ2) is 11.2. The summed E-state index contributed by atoms with van der Waals surface area (Å²) < 4.78 is 5.70. The van der Waals surface area contributed by atoms with Crippen LogP contribution in [0.3, 0.4) is 0 Å². The van der Waals surface area contributed by atoms with E-state index in [-0.39, 0.29) is 24.0 Å². The number of benzene rings is 1. The Labute approximate surface area is 165 Å². The van der Waals surface area contributed by atoms with Crippen molar-refractivity contribution in [2.75, 3.05) is 20.2 Å². The molecule has 2 N–H and O–H groups in total. The Hall–Kier alpha value is -1.35. The van der Waals surface area contributed by atoms with Gasteiger partial charge in [-0.05, 0) is 32.4 Å². The van der Waals surface area contributed by atoms with Gasteiger partial charge in [-0.15, -0.1) is 35.3 Å². The highest BCUT2D eigenvalue weighted by Gasteiger charge is 2.01. The molecule has 0 spiro atoms. The third-order valence-corrected chi connectivity index (χ3v) is 4.12. The molecule has 24 heavy (non-hydrogen) atoms. The Morgan fingerprint density at radius 2 is 1.96 bits per heavy atom. The smallest absolute Gasteiger partial charge is 0.191 e.